The second kappa shape index (κ2) is 5.06. The zero-order chi connectivity index (χ0) is 7.28. The maximum atomic E-state index is 5.18. The number of hydrogen-bond acceptors (Lipinski definition) is 1. The first-order valence-electron chi connectivity index (χ1n) is 2.56. The van der Waals surface area contributed by atoms with Crippen LogP contribution in [0.1, 0.15) is 6.92 Å². The molecule has 0 radical (unpaired) electrons. The predicted molar refractivity (Wildman–Crippen MR) is 48.7 cm³/mol. The Kier molecular flexibility index (Phi) is 5.19. The summed E-state index contributed by atoms with van der Waals surface area (Å²) in [7, 11) is 0. The Morgan fingerprint density at radius 2 is 2.22 bits per heavy atom. The first kappa shape index (κ1) is 9.24. The molecule has 0 bridgehead atoms. The molecule has 0 aliphatic rings. The topological polar surface area (TPSA) is 26.0 Å². The lowest BCUT2D eigenvalue weighted by atomic mass is 10.4. The molecule has 3 heteroatoms. The van der Waals surface area contributed by atoms with Crippen molar-refractivity contribution < 1.29 is 0 Å². The lowest BCUT2D eigenvalue weighted by Crippen LogP contribution is -1.81. The maximum absolute atomic E-state index is 5.18. The largest absolute Gasteiger partial charge is 0.404 e. The Labute approximate surface area is 72.3 Å². The normalized spacial score (nSPS) is 16.6. The highest BCUT2D eigenvalue weighted by Crippen LogP contribution is 2.07. The van der Waals surface area contributed by atoms with E-state index in [-0.39, 0.29) is 0 Å². The molecular weight excluding hydrogens is 246 g/mol. The molecule has 1 atom stereocenters. The van der Waals surface area contributed by atoms with Crippen LogP contribution in [0, 0.1) is 0 Å². The van der Waals surface area contributed by atoms with Crippen LogP contribution in [0.5, 0.6) is 0 Å². The average Bonchev–Trinajstić information content (AvgIpc) is 1.83. The third kappa shape index (κ3) is 6.12. The summed E-state index contributed by atoms with van der Waals surface area (Å²) >= 11 is 6.59. The van der Waals surface area contributed by atoms with Gasteiger partial charge in [0, 0.05) is 15.5 Å². The predicted octanol–water partition coefficient (Wildman–Crippen LogP) is 2.52. The van der Waals surface area contributed by atoms with E-state index in [1.165, 1.54) is 6.20 Å². The van der Waals surface area contributed by atoms with E-state index in [4.69, 9.17) is 5.73 Å². The fraction of sp³-hybridized carbons (Fsp3) is 0.333. The summed E-state index contributed by atoms with van der Waals surface area (Å²) in [5.74, 6) is 0. The van der Waals surface area contributed by atoms with Crippen molar-refractivity contribution >= 4 is 31.9 Å². The van der Waals surface area contributed by atoms with E-state index >= 15 is 0 Å². The summed E-state index contributed by atoms with van der Waals surface area (Å²) < 4.78 is 0.897. The van der Waals surface area contributed by atoms with Gasteiger partial charge in [0.05, 0.1) is 0 Å². The Hall–Kier alpha value is 0.240. The number of alkyl halides is 1. The summed E-state index contributed by atoms with van der Waals surface area (Å²) in [6, 6.07) is 0. The zero-order valence-electron chi connectivity index (χ0n) is 5.14. The van der Waals surface area contributed by atoms with Crippen LogP contribution in [0.15, 0.2) is 22.8 Å². The highest BCUT2D eigenvalue weighted by Gasteiger charge is 1.85. The molecule has 2 N–H and O–H groups in total. The Morgan fingerprint density at radius 3 is 2.56 bits per heavy atom. The summed E-state index contributed by atoms with van der Waals surface area (Å²) in [4.78, 5) is 0.394. The highest BCUT2D eigenvalue weighted by molar-refractivity contribution is 9.12. The van der Waals surface area contributed by atoms with Crippen molar-refractivity contribution in [3.8, 4) is 0 Å². The first-order chi connectivity index (χ1) is 4.16. The van der Waals surface area contributed by atoms with E-state index < -0.39 is 0 Å². The molecule has 0 spiro atoms. The van der Waals surface area contributed by atoms with Crippen molar-refractivity contribution in [3.05, 3.63) is 22.8 Å². The molecule has 0 rings (SSSR count). The minimum atomic E-state index is 0.394. The molecule has 9 heavy (non-hydrogen) atoms. The molecule has 0 saturated heterocycles. The van der Waals surface area contributed by atoms with E-state index in [0.717, 1.165) is 4.48 Å². The zero-order valence-corrected chi connectivity index (χ0v) is 8.31. The van der Waals surface area contributed by atoms with Crippen LogP contribution in [0.4, 0.5) is 0 Å². The van der Waals surface area contributed by atoms with Gasteiger partial charge in [-0.15, -0.1) is 0 Å². The molecule has 0 fully saturated rings. The molecule has 1 nitrogen and oxygen atoms in total. The molecule has 0 aromatic heterocycles. The molecule has 1 unspecified atom stereocenters. The van der Waals surface area contributed by atoms with Crippen LogP contribution < -0.4 is 5.73 Å². The second-order valence-corrected chi connectivity index (χ2v) is 3.95. The van der Waals surface area contributed by atoms with Gasteiger partial charge in [0.15, 0.2) is 0 Å². The SMILES string of the molecule is CC(Br)/C=C\C(Br)=C/N. The van der Waals surface area contributed by atoms with Gasteiger partial charge < -0.3 is 5.73 Å². The second-order valence-electron chi connectivity index (χ2n) is 1.59. The quantitative estimate of drug-likeness (QED) is 0.595. The van der Waals surface area contributed by atoms with Crippen LogP contribution in [0.3, 0.4) is 0 Å². The van der Waals surface area contributed by atoms with E-state index in [0.29, 0.717) is 4.83 Å². The van der Waals surface area contributed by atoms with E-state index in [1.807, 2.05) is 19.1 Å². The highest BCUT2D eigenvalue weighted by atomic mass is 79.9. The summed E-state index contributed by atoms with van der Waals surface area (Å²) in [6.45, 7) is 2.04. The molecular formula is C6H9Br2N. The average molecular weight is 255 g/mol. The Balaban J connectivity index is 3.71. The fourth-order valence-corrected chi connectivity index (χ4v) is 0.585. The summed E-state index contributed by atoms with van der Waals surface area (Å²) in [5, 5.41) is 0. The third-order valence-corrected chi connectivity index (χ3v) is 1.51. The van der Waals surface area contributed by atoms with Gasteiger partial charge in [0.25, 0.3) is 0 Å². The van der Waals surface area contributed by atoms with Crippen molar-refractivity contribution in [1.29, 1.82) is 0 Å². The molecule has 52 valence electrons. The van der Waals surface area contributed by atoms with Crippen molar-refractivity contribution in [1.82, 2.24) is 0 Å². The van der Waals surface area contributed by atoms with Crippen LogP contribution in [-0.4, -0.2) is 4.83 Å². The number of halogens is 2. The van der Waals surface area contributed by atoms with Gasteiger partial charge in [0.1, 0.15) is 0 Å². The minimum absolute atomic E-state index is 0.394. The van der Waals surface area contributed by atoms with Gasteiger partial charge in [-0.2, -0.15) is 0 Å². The summed E-state index contributed by atoms with van der Waals surface area (Å²) in [6.07, 6.45) is 5.40. The number of rotatable bonds is 2. The van der Waals surface area contributed by atoms with Crippen molar-refractivity contribution in [2.24, 2.45) is 5.73 Å². The molecule has 0 heterocycles. The number of hydrogen-bond donors (Lipinski definition) is 1. The molecule has 0 aromatic carbocycles. The van der Waals surface area contributed by atoms with Crippen LogP contribution in [0.2, 0.25) is 0 Å². The standard InChI is InChI=1S/C6H9Br2N/c1-5(7)2-3-6(8)4-9/h2-5H,9H2,1H3/b3-2-,6-4+. The van der Waals surface area contributed by atoms with Crippen molar-refractivity contribution in [2.75, 3.05) is 0 Å². The lowest BCUT2D eigenvalue weighted by molar-refractivity contribution is 1.27. The van der Waals surface area contributed by atoms with Crippen molar-refractivity contribution in [3.63, 3.8) is 0 Å². The van der Waals surface area contributed by atoms with Gasteiger partial charge in [-0.05, 0) is 28.9 Å². The number of allylic oxidation sites excluding steroid dienone is 3. The van der Waals surface area contributed by atoms with E-state index in [1.54, 1.807) is 0 Å². The van der Waals surface area contributed by atoms with Gasteiger partial charge in [0.2, 0.25) is 0 Å². The van der Waals surface area contributed by atoms with Crippen molar-refractivity contribution in [2.45, 2.75) is 11.8 Å². The monoisotopic (exact) mass is 253 g/mol. The van der Waals surface area contributed by atoms with Crippen LogP contribution >= 0.6 is 31.9 Å². The first-order valence-corrected chi connectivity index (χ1v) is 4.27. The molecule has 0 aliphatic heterocycles. The molecule has 0 aliphatic carbocycles. The van der Waals surface area contributed by atoms with Crippen LogP contribution in [0.25, 0.3) is 0 Å². The molecule has 0 amide bonds. The fourth-order valence-electron chi connectivity index (χ4n) is 0.280. The van der Waals surface area contributed by atoms with Gasteiger partial charge in [-0.3, -0.25) is 0 Å². The smallest absolute Gasteiger partial charge is 0.0327 e. The molecule has 0 saturated carbocycles. The minimum Gasteiger partial charge on any atom is -0.404 e. The lowest BCUT2D eigenvalue weighted by Gasteiger charge is -1.89. The van der Waals surface area contributed by atoms with Gasteiger partial charge in [-0.25, -0.2) is 0 Å². The maximum Gasteiger partial charge on any atom is 0.0327 e. The van der Waals surface area contributed by atoms with Crippen LogP contribution in [-0.2, 0) is 0 Å². The Morgan fingerprint density at radius 1 is 1.67 bits per heavy atom. The summed E-state index contributed by atoms with van der Waals surface area (Å²) in [5.41, 5.74) is 5.18. The number of nitrogens with two attached hydrogens (primary N) is 1. The van der Waals surface area contributed by atoms with Gasteiger partial charge >= 0.3 is 0 Å². The third-order valence-electron chi connectivity index (χ3n) is 0.680. The van der Waals surface area contributed by atoms with E-state index in [9.17, 15) is 0 Å². The Bertz CT molecular complexity index is 127. The van der Waals surface area contributed by atoms with E-state index in [2.05, 4.69) is 31.9 Å². The van der Waals surface area contributed by atoms with Gasteiger partial charge in [-0.1, -0.05) is 22.0 Å². The molecule has 0 aromatic rings.